The number of nitrogens with one attached hydrogen (secondary N) is 1. The summed E-state index contributed by atoms with van der Waals surface area (Å²) < 4.78 is 6.98. The average Bonchev–Trinajstić information content (AvgIpc) is 2.63. The number of nitrogens with zero attached hydrogens (tertiary/aromatic N) is 2. The zero-order chi connectivity index (χ0) is 13.4. The van der Waals surface area contributed by atoms with Crippen LogP contribution in [0.1, 0.15) is 23.9 Å². The van der Waals surface area contributed by atoms with E-state index in [1.807, 2.05) is 11.6 Å². The standard InChI is InChI=1S/C14H23N3O/c1-5-6-10-17-13(3)14(12(2)16-17)7-8-15-9-11-18-4/h15H,7-11H2,1-4H3. The second-order valence-corrected chi connectivity index (χ2v) is 4.23. The van der Waals surface area contributed by atoms with E-state index in [0.717, 1.165) is 31.8 Å². The summed E-state index contributed by atoms with van der Waals surface area (Å²) in [6.07, 6.45) is 1.00. The van der Waals surface area contributed by atoms with Gasteiger partial charge in [-0.05, 0) is 39.3 Å². The molecule has 100 valence electrons. The zero-order valence-electron chi connectivity index (χ0n) is 11.8. The Labute approximate surface area is 110 Å². The summed E-state index contributed by atoms with van der Waals surface area (Å²) in [5, 5.41) is 7.88. The van der Waals surface area contributed by atoms with Gasteiger partial charge in [0, 0.05) is 19.3 Å². The van der Waals surface area contributed by atoms with Gasteiger partial charge in [-0.25, -0.2) is 0 Å². The van der Waals surface area contributed by atoms with E-state index in [1.165, 1.54) is 11.3 Å². The minimum absolute atomic E-state index is 0.681. The lowest BCUT2D eigenvalue weighted by Gasteiger charge is -2.05. The van der Waals surface area contributed by atoms with Gasteiger partial charge in [-0.1, -0.05) is 5.92 Å². The van der Waals surface area contributed by atoms with Crippen LogP contribution in [0.3, 0.4) is 0 Å². The zero-order valence-corrected chi connectivity index (χ0v) is 11.8. The van der Waals surface area contributed by atoms with Crippen LogP contribution in [0.4, 0.5) is 0 Å². The summed E-state index contributed by atoms with van der Waals surface area (Å²) in [5.74, 6) is 5.95. The predicted octanol–water partition coefficient (Wildman–Crippen LogP) is 1.30. The molecule has 1 heterocycles. The first-order valence-electron chi connectivity index (χ1n) is 6.32. The molecule has 0 spiro atoms. The maximum atomic E-state index is 5.00. The van der Waals surface area contributed by atoms with Gasteiger partial charge in [-0.2, -0.15) is 5.10 Å². The van der Waals surface area contributed by atoms with E-state index >= 15 is 0 Å². The van der Waals surface area contributed by atoms with E-state index in [4.69, 9.17) is 4.74 Å². The van der Waals surface area contributed by atoms with Gasteiger partial charge in [0.2, 0.25) is 0 Å². The van der Waals surface area contributed by atoms with E-state index in [9.17, 15) is 0 Å². The van der Waals surface area contributed by atoms with Crippen molar-refractivity contribution in [2.75, 3.05) is 26.8 Å². The molecule has 0 radical (unpaired) electrons. The fourth-order valence-corrected chi connectivity index (χ4v) is 1.92. The van der Waals surface area contributed by atoms with Crippen molar-refractivity contribution >= 4 is 0 Å². The molecule has 0 fully saturated rings. The Bertz CT molecular complexity index is 426. The number of aromatic nitrogens is 2. The molecule has 1 rings (SSSR count). The molecule has 0 aliphatic rings. The third kappa shape index (κ3) is 4.17. The Balaban J connectivity index is 2.53. The first-order valence-corrected chi connectivity index (χ1v) is 6.32. The van der Waals surface area contributed by atoms with Crippen LogP contribution in [0.2, 0.25) is 0 Å². The van der Waals surface area contributed by atoms with Crippen LogP contribution in [0.25, 0.3) is 0 Å². The van der Waals surface area contributed by atoms with Gasteiger partial charge >= 0.3 is 0 Å². The van der Waals surface area contributed by atoms with Crippen LogP contribution in [0.15, 0.2) is 0 Å². The van der Waals surface area contributed by atoms with Gasteiger partial charge < -0.3 is 10.1 Å². The number of methoxy groups -OCH3 is 1. The molecule has 0 amide bonds. The maximum Gasteiger partial charge on any atom is 0.102 e. The lowest BCUT2D eigenvalue weighted by molar-refractivity contribution is 0.199. The van der Waals surface area contributed by atoms with Crippen molar-refractivity contribution in [2.45, 2.75) is 33.7 Å². The van der Waals surface area contributed by atoms with Crippen molar-refractivity contribution in [3.05, 3.63) is 17.0 Å². The van der Waals surface area contributed by atoms with Crippen LogP contribution in [0, 0.1) is 25.7 Å². The van der Waals surface area contributed by atoms with E-state index < -0.39 is 0 Å². The number of aryl methyl sites for hydroxylation is 1. The van der Waals surface area contributed by atoms with Crippen LogP contribution in [-0.2, 0) is 17.7 Å². The molecular formula is C14H23N3O. The number of hydrogen-bond acceptors (Lipinski definition) is 3. The molecule has 1 N–H and O–H groups in total. The number of hydrogen-bond donors (Lipinski definition) is 1. The molecule has 1 aromatic rings. The second-order valence-electron chi connectivity index (χ2n) is 4.23. The highest BCUT2D eigenvalue weighted by Gasteiger charge is 2.09. The van der Waals surface area contributed by atoms with Crippen LogP contribution in [0.5, 0.6) is 0 Å². The monoisotopic (exact) mass is 249 g/mol. The van der Waals surface area contributed by atoms with Gasteiger partial charge in [-0.3, -0.25) is 4.68 Å². The summed E-state index contributed by atoms with van der Waals surface area (Å²) in [5.41, 5.74) is 3.67. The molecular weight excluding hydrogens is 226 g/mol. The van der Waals surface area contributed by atoms with Crippen molar-refractivity contribution in [3.63, 3.8) is 0 Å². The molecule has 4 heteroatoms. The molecule has 0 aliphatic heterocycles. The van der Waals surface area contributed by atoms with Crippen LogP contribution < -0.4 is 5.32 Å². The van der Waals surface area contributed by atoms with Crippen molar-refractivity contribution in [1.29, 1.82) is 0 Å². The van der Waals surface area contributed by atoms with Crippen LogP contribution in [-0.4, -0.2) is 36.6 Å². The Morgan fingerprint density at radius 1 is 1.33 bits per heavy atom. The number of rotatable bonds is 7. The Kier molecular flexibility index (Phi) is 6.48. The quantitative estimate of drug-likeness (QED) is 0.585. The third-order valence-corrected chi connectivity index (χ3v) is 2.97. The highest BCUT2D eigenvalue weighted by Crippen LogP contribution is 2.13. The average molecular weight is 249 g/mol. The Morgan fingerprint density at radius 3 is 2.78 bits per heavy atom. The molecule has 4 nitrogen and oxygen atoms in total. The summed E-state index contributed by atoms with van der Waals surface area (Å²) in [7, 11) is 1.72. The number of ether oxygens (including phenoxy) is 1. The molecule has 0 aromatic carbocycles. The first kappa shape index (κ1) is 14.7. The minimum Gasteiger partial charge on any atom is -0.383 e. The highest BCUT2D eigenvalue weighted by atomic mass is 16.5. The first-order chi connectivity index (χ1) is 8.70. The predicted molar refractivity (Wildman–Crippen MR) is 73.6 cm³/mol. The normalized spacial score (nSPS) is 10.2. The minimum atomic E-state index is 0.681. The maximum absolute atomic E-state index is 5.00. The Morgan fingerprint density at radius 2 is 2.11 bits per heavy atom. The molecule has 0 saturated carbocycles. The molecule has 0 atom stereocenters. The van der Waals surface area contributed by atoms with Crippen molar-refractivity contribution in [3.8, 4) is 11.8 Å². The fraction of sp³-hybridized carbons (Fsp3) is 0.643. The molecule has 0 bridgehead atoms. The van der Waals surface area contributed by atoms with Crippen LogP contribution >= 0.6 is 0 Å². The van der Waals surface area contributed by atoms with E-state index in [-0.39, 0.29) is 0 Å². The van der Waals surface area contributed by atoms with E-state index in [1.54, 1.807) is 7.11 Å². The lowest BCUT2D eigenvalue weighted by atomic mass is 10.1. The summed E-state index contributed by atoms with van der Waals surface area (Å²) in [4.78, 5) is 0. The molecule has 18 heavy (non-hydrogen) atoms. The Hall–Kier alpha value is -1.31. The van der Waals surface area contributed by atoms with Crippen molar-refractivity contribution < 1.29 is 4.74 Å². The second kappa shape index (κ2) is 7.91. The van der Waals surface area contributed by atoms with Crippen molar-refractivity contribution in [1.82, 2.24) is 15.1 Å². The highest BCUT2D eigenvalue weighted by molar-refractivity contribution is 5.25. The fourth-order valence-electron chi connectivity index (χ4n) is 1.92. The summed E-state index contributed by atoms with van der Waals surface area (Å²) >= 11 is 0. The van der Waals surface area contributed by atoms with Gasteiger partial charge in [0.1, 0.15) is 6.54 Å². The van der Waals surface area contributed by atoms with Crippen molar-refractivity contribution in [2.24, 2.45) is 0 Å². The SMILES string of the molecule is CC#CCn1nc(C)c(CCNCCOC)c1C. The molecule has 0 unspecified atom stereocenters. The van der Waals surface area contributed by atoms with E-state index in [0.29, 0.717) is 6.54 Å². The molecule has 1 aromatic heterocycles. The third-order valence-electron chi connectivity index (χ3n) is 2.97. The topological polar surface area (TPSA) is 39.1 Å². The van der Waals surface area contributed by atoms with Gasteiger partial charge in [0.25, 0.3) is 0 Å². The van der Waals surface area contributed by atoms with Gasteiger partial charge in [0.05, 0.1) is 12.3 Å². The van der Waals surface area contributed by atoms with E-state index in [2.05, 4.69) is 36.1 Å². The smallest absolute Gasteiger partial charge is 0.102 e. The largest absolute Gasteiger partial charge is 0.383 e. The molecule has 0 saturated heterocycles. The van der Waals surface area contributed by atoms with Gasteiger partial charge in [0.15, 0.2) is 0 Å². The summed E-state index contributed by atoms with van der Waals surface area (Å²) in [6, 6.07) is 0. The van der Waals surface area contributed by atoms with Gasteiger partial charge in [-0.15, -0.1) is 5.92 Å². The molecule has 0 aliphatic carbocycles. The summed E-state index contributed by atoms with van der Waals surface area (Å²) in [6.45, 7) is 9.31. The lowest BCUT2D eigenvalue weighted by Crippen LogP contribution is -2.22.